The second-order valence-electron chi connectivity index (χ2n) is 2.85. The molecule has 0 aromatic carbocycles. The van der Waals surface area contributed by atoms with E-state index < -0.39 is 11.9 Å². The summed E-state index contributed by atoms with van der Waals surface area (Å²) in [7, 11) is 1.19. The van der Waals surface area contributed by atoms with E-state index >= 15 is 0 Å². The molecule has 0 spiro atoms. The fraction of sp³-hybridized carbons (Fsp3) is 0.750. The highest BCUT2D eigenvalue weighted by molar-refractivity contribution is 6.32. The van der Waals surface area contributed by atoms with Gasteiger partial charge in [0.1, 0.15) is 0 Å². The van der Waals surface area contributed by atoms with Crippen molar-refractivity contribution in [2.45, 2.75) is 18.9 Å². The molecule has 0 saturated carbocycles. The van der Waals surface area contributed by atoms with E-state index in [9.17, 15) is 9.59 Å². The Hall–Kier alpha value is -1.10. The number of amides is 1. The van der Waals surface area contributed by atoms with E-state index in [0.717, 1.165) is 12.8 Å². The summed E-state index contributed by atoms with van der Waals surface area (Å²) in [5.74, 6) is -1.51. The lowest BCUT2D eigenvalue weighted by molar-refractivity contribution is -0.153. The molecule has 13 heavy (non-hydrogen) atoms. The molecule has 5 heteroatoms. The first kappa shape index (κ1) is 9.98. The van der Waals surface area contributed by atoms with Crippen molar-refractivity contribution < 1.29 is 19.1 Å². The van der Waals surface area contributed by atoms with Crippen molar-refractivity contribution in [3.05, 3.63) is 0 Å². The van der Waals surface area contributed by atoms with Crippen molar-refractivity contribution in [2.75, 3.05) is 20.3 Å². The van der Waals surface area contributed by atoms with Gasteiger partial charge in [-0.1, -0.05) is 0 Å². The summed E-state index contributed by atoms with van der Waals surface area (Å²) in [5.41, 5.74) is 0. The van der Waals surface area contributed by atoms with Crippen LogP contribution in [0.1, 0.15) is 12.8 Å². The molecule has 0 bridgehead atoms. The van der Waals surface area contributed by atoms with Crippen LogP contribution in [0.3, 0.4) is 0 Å². The molecule has 1 rings (SSSR count). The Bertz CT molecular complexity index is 198. The third kappa shape index (κ3) is 3.02. The maximum absolute atomic E-state index is 11.0. The third-order valence-electron chi connectivity index (χ3n) is 1.93. The molecular weight excluding hydrogens is 174 g/mol. The molecule has 0 aromatic heterocycles. The highest BCUT2D eigenvalue weighted by atomic mass is 16.5. The smallest absolute Gasteiger partial charge is 0.396 e. The lowest BCUT2D eigenvalue weighted by Gasteiger charge is -2.22. The van der Waals surface area contributed by atoms with Gasteiger partial charge in [-0.25, -0.2) is 4.79 Å². The maximum atomic E-state index is 11.0. The van der Waals surface area contributed by atoms with Gasteiger partial charge in [0.05, 0.1) is 7.11 Å². The summed E-state index contributed by atoms with van der Waals surface area (Å²) < 4.78 is 9.37. The zero-order valence-electron chi connectivity index (χ0n) is 7.54. The van der Waals surface area contributed by atoms with E-state index in [-0.39, 0.29) is 6.04 Å². The normalized spacial score (nSPS) is 17.9. The highest BCUT2D eigenvalue weighted by Crippen LogP contribution is 2.05. The third-order valence-corrected chi connectivity index (χ3v) is 1.93. The van der Waals surface area contributed by atoms with E-state index in [1.54, 1.807) is 0 Å². The zero-order valence-corrected chi connectivity index (χ0v) is 7.54. The van der Waals surface area contributed by atoms with Gasteiger partial charge in [-0.05, 0) is 12.8 Å². The van der Waals surface area contributed by atoms with Crippen molar-refractivity contribution >= 4 is 11.9 Å². The fourth-order valence-corrected chi connectivity index (χ4v) is 1.18. The van der Waals surface area contributed by atoms with Crippen molar-refractivity contribution in [2.24, 2.45) is 0 Å². The van der Waals surface area contributed by atoms with Crippen LogP contribution in [0.5, 0.6) is 0 Å². The molecule has 1 aliphatic heterocycles. The molecule has 1 fully saturated rings. The number of methoxy groups -OCH3 is 1. The number of hydrogen-bond donors (Lipinski definition) is 1. The minimum absolute atomic E-state index is 0.0420. The van der Waals surface area contributed by atoms with Gasteiger partial charge in [-0.15, -0.1) is 0 Å². The van der Waals surface area contributed by atoms with Crippen LogP contribution in [0, 0.1) is 0 Å². The highest BCUT2D eigenvalue weighted by Gasteiger charge is 2.20. The molecule has 1 amide bonds. The molecule has 0 aromatic rings. The molecule has 0 unspecified atom stereocenters. The number of ether oxygens (including phenoxy) is 2. The number of carbonyl (C=O) groups excluding carboxylic acids is 2. The first-order valence-electron chi connectivity index (χ1n) is 4.20. The fourth-order valence-electron chi connectivity index (χ4n) is 1.18. The van der Waals surface area contributed by atoms with E-state index in [1.165, 1.54) is 7.11 Å². The van der Waals surface area contributed by atoms with Crippen LogP contribution in [0.25, 0.3) is 0 Å². The van der Waals surface area contributed by atoms with Gasteiger partial charge < -0.3 is 14.8 Å². The Labute approximate surface area is 76.4 Å². The molecule has 1 aliphatic rings. The van der Waals surface area contributed by atoms with Gasteiger partial charge in [0.2, 0.25) is 0 Å². The van der Waals surface area contributed by atoms with E-state index in [1.807, 2.05) is 0 Å². The lowest BCUT2D eigenvalue weighted by Crippen LogP contribution is -2.42. The Balaban J connectivity index is 2.30. The van der Waals surface area contributed by atoms with E-state index in [0.29, 0.717) is 13.2 Å². The average molecular weight is 187 g/mol. The minimum Gasteiger partial charge on any atom is -0.462 e. The number of carbonyl (C=O) groups is 2. The standard InChI is InChI=1S/C8H13NO4/c1-12-8(11)7(10)9-6-2-4-13-5-3-6/h6H,2-5H2,1H3,(H,9,10). The van der Waals surface area contributed by atoms with Crippen LogP contribution in [0.2, 0.25) is 0 Å². The first-order valence-corrected chi connectivity index (χ1v) is 4.20. The van der Waals surface area contributed by atoms with Gasteiger partial charge in [-0.3, -0.25) is 4.79 Å². The first-order chi connectivity index (χ1) is 6.24. The number of hydrogen-bond acceptors (Lipinski definition) is 4. The molecule has 0 aliphatic carbocycles. The summed E-state index contributed by atoms with van der Waals surface area (Å²) in [6.07, 6.45) is 1.51. The van der Waals surface area contributed by atoms with Gasteiger partial charge in [-0.2, -0.15) is 0 Å². The van der Waals surface area contributed by atoms with Crippen LogP contribution in [-0.4, -0.2) is 38.2 Å². The van der Waals surface area contributed by atoms with Crippen LogP contribution in [0.4, 0.5) is 0 Å². The van der Waals surface area contributed by atoms with E-state index in [4.69, 9.17) is 4.74 Å². The van der Waals surface area contributed by atoms with Crippen molar-refractivity contribution in [3.63, 3.8) is 0 Å². The Morgan fingerprint density at radius 2 is 2.00 bits per heavy atom. The number of rotatable bonds is 1. The second kappa shape index (κ2) is 4.81. The van der Waals surface area contributed by atoms with Crippen LogP contribution >= 0.6 is 0 Å². The quantitative estimate of drug-likeness (QED) is 0.442. The van der Waals surface area contributed by atoms with Gasteiger partial charge in [0.25, 0.3) is 0 Å². The Morgan fingerprint density at radius 3 is 2.54 bits per heavy atom. The van der Waals surface area contributed by atoms with Gasteiger partial charge in [0, 0.05) is 19.3 Å². The molecule has 1 heterocycles. The summed E-state index contributed by atoms with van der Waals surface area (Å²) in [4.78, 5) is 21.7. The van der Waals surface area contributed by atoms with Crippen LogP contribution in [0.15, 0.2) is 0 Å². The van der Waals surface area contributed by atoms with Gasteiger partial charge >= 0.3 is 11.9 Å². The SMILES string of the molecule is COC(=O)C(=O)NC1CCOCC1. The summed E-state index contributed by atoms with van der Waals surface area (Å²) in [5, 5.41) is 2.58. The summed E-state index contributed by atoms with van der Waals surface area (Å²) in [6, 6.07) is 0.0420. The average Bonchev–Trinajstić information content (AvgIpc) is 2.18. The zero-order chi connectivity index (χ0) is 9.68. The molecule has 1 saturated heterocycles. The van der Waals surface area contributed by atoms with Crippen molar-refractivity contribution in [1.82, 2.24) is 5.32 Å². The van der Waals surface area contributed by atoms with Crippen molar-refractivity contribution in [3.8, 4) is 0 Å². The van der Waals surface area contributed by atoms with E-state index in [2.05, 4.69) is 10.1 Å². The molecule has 1 N–H and O–H groups in total. The number of esters is 1. The predicted octanol–water partition coefficient (Wildman–Crippen LogP) is -0.545. The van der Waals surface area contributed by atoms with Crippen molar-refractivity contribution in [1.29, 1.82) is 0 Å². The second-order valence-corrected chi connectivity index (χ2v) is 2.85. The van der Waals surface area contributed by atoms with Crippen LogP contribution in [-0.2, 0) is 19.1 Å². The molecule has 0 radical (unpaired) electrons. The van der Waals surface area contributed by atoms with Crippen LogP contribution < -0.4 is 5.32 Å². The Kier molecular flexibility index (Phi) is 3.70. The molecule has 74 valence electrons. The molecule has 0 atom stereocenters. The molecule has 5 nitrogen and oxygen atoms in total. The monoisotopic (exact) mass is 187 g/mol. The largest absolute Gasteiger partial charge is 0.462 e. The van der Waals surface area contributed by atoms with Gasteiger partial charge in [0.15, 0.2) is 0 Å². The summed E-state index contributed by atoms with van der Waals surface area (Å²) in [6.45, 7) is 1.26. The topological polar surface area (TPSA) is 64.6 Å². The number of nitrogens with one attached hydrogen (secondary N) is 1. The predicted molar refractivity (Wildman–Crippen MR) is 44.0 cm³/mol. The Morgan fingerprint density at radius 1 is 1.38 bits per heavy atom. The minimum atomic E-state index is -0.841. The summed E-state index contributed by atoms with van der Waals surface area (Å²) >= 11 is 0. The lowest BCUT2D eigenvalue weighted by atomic mass is 10.1. The molecular formula is C8H13NO4. The maximum Gasteiger partial charge on any atom is 0.396 e.